The molecule has 17 heavy (non-hydrogen) atoms. The summed E-state index contributed by atoms with van der Waals surface area (Å²) in [5.41, 5.74) is 1.55. The molecule has 0 radical (unpaired) electrons. The van der Waals surface area contributed by atoms with Crippen LogP contribution >= 0.6 is 11.6 Å². The third kappa shape index (κ3) is 2.42. The van der Waals surface area contributed by atoms with Crippen LogP contribution in [-0.4, -0.2) is 17.6 Å². The van der Waals surface area contributed by atoms with Crippen LogP contribution in [0.4, 0.5) is 4.39 Å². The lowest BCUT2D eigenvalue weighted by atomic mass is 9.96. The molecule has 0 spiro atoms. The van der Waals surface area contributed by atoms with Crippen LogP contribution in [0.3, 0.4) is 0 Å². The molecule has 5 heteroatoms. The summed E-state index contributed by atoms with van der Waals surface area (Å²) in [6, 6.07) is 2.55. The predicted molar refractivity (Wildman–Crippen MR) is 62.6 cm³/mol. The van der Waals surface area contributed by atoms with Crippen LogP contribution < -0.4 is 5.32 Å². The van der Waals surface area contributed by atoms with Gasteiger partial charge in [0.25, 0.3) is 0 Å². The second-order valence-corrected chi connectivity index (χ2v) is 4.74. The average Bonchev–Trinajstić information content (AvgIpc) is 2.72. The van der Waals surface area contributed by atoms with E-state index in [4.69, 9.17) is 16.7 Å². The third-order valence-corrected chi connectivity index (χ3v) is 3.60. The first-order valence-corrected chi connectivity index (χ1v) is 5.78. The number of carbonyl (C=O) groups is 1. The van der Waals surface area contributed by atoms with Gasteiger partial charge in [0, 0.05) is 17.6 Å². The number of rotatable bonds is 2. The molecule has 0 aromatic heterocycles. The number of hydrogen-bond donors (Lipinski definition) is 2. The number of nitrogens with one attached hydrogen (secondary N) is 1. The first-order chi connectivity index (χ1) is 7.99. The van der Waals surface area contributed by atoms with E-state index in [1.807, 2.05) is 6.92 Å². The van der Waals surface area contributed by atoms with Crippen molar-refractivity contribution in [2.45, 2.75) is 19.4 Å². The molecule has 1 aliphatic rings. The second kappa shape index (κ2) is 4.63. The predicted octanol–water partition coefficient (Wildman–Crippen LogP) is 2.52. The lowest BCUT2D eigenvalue weighted by molar-refractivity contribution is -0.141. The quantitative estimate of drug-likeness (QED) is 0.856. The Morgan fingerprint density at radius 1 is 1.59 bits per heavy atom. The van der Waals surface area contributed by atoms with Gasteiger partial charge in [-0.05, 0) is 36.6 Å². The summed E-state index contributed by atoms with van der Waals surface area (Å²) in [6.45, 7) is 2.22. The van der Waals surface area contributed by atoms with Crippen LogP contribution in [0.1, 0.15) is 23.6 Å². The van der Waals surface area contributed by atoms with Crippen molar-refractivity contribution >= 4 is 17.6 Å². The molecule has 1 aliphatic heterocycles. The van der Waals surface area contributed by atoms with Gasteiger partial charge in [0.15, 0.2) is 0 Å². The largest absolute Gasteiger partial charge is 0.481 e. The molecule has 92 valence electrons. The fourth-order valence-corrected chi connectivity index (χ4v) is 2.40. The van der Waals surface area contributed by atoms with E-state index in [0.29, 0.717) is 18.0 Å². The van der Waals surface area contributed by atoms with Crippen molar-refractivity contribution < 1.29 is 14.3 Å². The second-order valence-electron chi connectivity index (χ2n) is 4.33. The summed E-state index contributed by atoms with van der Waals surface area (Å²) in [6.07, 6.45) is 0.468. The molecular formula is C12H13ClFNO2. The van der Waals surface area contributed by atoms with Gasteiger partial charge in [-0.2, -0.15) is 0 Å². The monoisotopic (exact) mass is 257 g/mol. The minimum absolute atomic E-state index is 0.135. The van der Waals surface area contributed by atoms with Gasteiger partial charge in [0.2, 0.25) is 0 Å². The maximum atomic E-state index is 13.3. The highest BCUT2D eigenvalue weighted by molar-refractivity contribution is 6.31. The first-order valence-electron chi connectivity index (χ1n) is 5.40. The maximum absolute atomic E-state index is 13.3. The summed E-state index contributed by atoms with van der Waals surface area (Å²) in [4.78, 5) is 10.9. The SMILES string of the molecule is Cc1c(Cl)cc(F)cc1C1CC(C(=O)O)CN1. The minimum atomic E-state index is -0.819. The van der Waals surface area contributed by atoms with E-state index >= 15 is 0 Å². The summed E-state index contributed by atoms with van der Waals surface area (Å²) in [5.74, 6) is -1.63. The molecule has 1 saturated heterocycles. The fourth-order valence-electron chi connectivity index (χ4n) is 2.19. The molecule has 3 nitrogen and oxygen atoms in total. The highest BCUT2D eigenvalue weighted by Gasteiger charge is 2.31. The van der Waals surface area contributed by atoms with Gasteiger partial charge >= 0.3 is 5.97 Å². The molecule has 0 amide bonds. The van der Waals surface area contributed by atoms with Gasteiger partial charge in [-0.1, -0.05) is 11.6 Å². The van der Waals surface area contributed by atoms with Crippen molar-refractivity contribution in [2.75, 3.05) is 6.54 Å². The molecule has 0 aliphatic carbocycles. The first kappa shape index (κ1) is 12.3. The number of carboxylic acids is 1. The van der Waals surface area contributed by atoms with E-state index in [-0.39, 0.29) is 6.04 Å². The molecule has 2 atom stereocenters. The topological polar surface area (TPSA) is 49.3 Å². The smallest absolute Gasteiger partial charge is 0.307 e. The minimum Gasteiger partial charge on any atom is -0.481 e. The lowest BCUT2D eigenvalue weighted by Gasteiger charge is -2.15. The van der Waals surface area contributed by atoms with Crippen molar-refractivity contribution in [2.24, 2.45) is 5.92 Å². The highest BCUT2D eigenvalue weighted by atomic mass is 35.5. The third-order valence-electron chi connectivity index (χ3n) is 3.20. The van der Waals surface area contributed by atoms with E-state index in [1.54, 1.807) is 0 Å². The normalized spacial score (nSPS) is 23.9. The van der Waals surface area contributed by atoms with E-state index in [0.717, 1.165) is 11.1 Å². The van der Waals surface area contributed by atoms with E-state index in [1.165, 1.54) is 12.1 Å². The lowest BCUT2D eigenvalue weighted by Crippen LogP contribution is -2.17. The molecule has 1 fully saturated rings. The summed E-state index contributed by atoms with van der Waals surface area (Å²) < 4.78 is 13.3. The van der Waals surface area contributed by atoms with Crippen LogP contribution in [-0.2, 0) is 4.79 Å². The standard InChI is InChI=1S/C12H13ClFNO2/c1-6-9(3-8(14)4-10(6)13)11-2-7(5-15-11)12(16)17/h3-4,7,11,15H,2,5H2,1H3,(H,16,17). The molecule has 2 unspecified atom stereocenters. The Morgan fingerprint density at radius 3 is 2.88 bits per heavy atom. The fraction of sp³-hybridized carbons (Fsp3) is 0.417. The van der Waals surface area contributed by atoms with Gasteiger partial charge in [0.1, 0.15) is 5.82 Å². The number of carboxylic acid groups (broad SMARTS) is 1. The molecule has 2 rings (SSSR count). The van der Waals surface area contributed by atoms with Crippen molar-refractivity contribution in [3.05, 3.63) is 34.1 Å². The number of benzene rings is 1. The molecule has 1 aromatic carbocycles. The summed E-state index contributed by atoms with van der Waals surface area (Å²) in [7, 11) is 0. The Balaban J connectivity index is 2.27. The van der Waals surface area contributed by atoms with Crippen molar-refractivity contribution in [1.29, 1.82) is 0 Å². The van der Waals surface area contributed by atoms with E-state index in [2.05, 4.69) is 5.32 Å². The average molecular weight is 258 g/mol. The van der Waals surface area contributed by atoms with Crippen molar-refractivity contribution in [3.8, 4) is 0 Å². The molecule has 1 aromatic rings. The highest BCUT2D eigenvalue weighted by Crippen LogP contribution is 2.32. The van der Waals surface area contributed by atoms with Crippen LogP contribution in [0.2, 0.25) is 5.02 Å². The zero-order valence-electron chi connectivity index (χ0n) is 9.34. The van der Waals surface area contributed by atoms with Gasteiger partial charge in [-0.3, -0.25) is 4.79 Å². The number of aliphatic carboxylic acids is 1. The number of halogens is 2. The Morgan fingerprint density at radius 2 is 2.29 bits per heavy atom. The number of hydrogen-bond acceptors (Lipinski definition) is 2. The van der Waals surface area contributed by atoms with E-state index in [9.17, 15) is 9.18 Å². The zero-order valence-corrected chi connectivity index (χ0v) is 10.1. The van der Waals surface area contributed by atoms with Crippen molar-refractivity contribution in [3.63, 3.8) is 0 Å². The van der Waals surface area contributed by atoms with Crippen LogP contribution in [0.5, 0.6) is 0 Å². The molecule has 0 saturated carbocycles. The molecule has 2 N–H and O–H groups in total. The summed E-state index contributed by atoms with van der Waals surface area (Å²) in [5, 5.41) is 12.4. The zero-order chi connectivity index (χ0) is 12.6. The molecule has 1 heterocycles. The van der Waals surface area contributed by atoms with E-state index < -0.39 is 17.7 Å². The Kier molecular flexibility index (Phi) is 3.35. The maximum Gasteiger partial charge on any atom is 0.307 e. The molecule has 0 bridgehead atoms. The Hall–Kier alpha value is -1.13. The van der Waals surface area contributed by atoms with Gasteiger partial charge in [-0.15, -0.1) is 0 Å². The molecular weight excluding hydrogens is 245 g/mol. The van der Waals surface area contributed by atoms with Gasteiger partial charge in [-0.25, -0.2) is 4.39 Å². The Labute approximate surface area is 104 Å². The van der Waals surface area contributed by atoms with Crippen molar-refractivity contribution in [1.82, 2.24) is 5.32 Å². The summed E-state index contributed by atoms with van der Waals surface area (Å²) >= 11 is 5.91. The van der Waals surface area contributed by atoms with Gasteiger partial charge in [0.05, 0.1) is 5.92 Å². The Bertz CT molecular complexity index is 464. The van der Waals surface area contributed by atoms with Gasteiger partial charge < -0.3 is 10.4 Å². The van der Waals surface area contributed by atoms with Crippen LogP contribution in [0.15, 0.2) is 12.1 Å². The van der Waals surface area contributed by atoms with Crippen LogP contribution in [0.25, 0.3) is 0 Å². The van der Waals surface area contributed by atoms with Crippen LogP contribution in [0, 0.1) is 18.7 Å².